The maximum Gasteiger partial charge on any atom is 0.123 e. The fourth-order valence-electron chi connectivity index (χ4n) is 3.32. The third-order valence-corrected chi connectivity index (χ3v) is 4.64. The Morgan fingerprint density at radius 3 is 2.37 bits per heavy atom. The quantitative estimate of drug-likeness (QED) is 0.845. The van der Waals surface area contributed by atoms with Crippen molar-refractivity contribution in [2.75, 3.05) is 6.54 Å². The van der Waals surface area contributed by atoms with E-state index in [9.17, 15) is 4.39 Å². The molecular formula is C16H24FNO. The Labute approximate surface area is 115 Å². The van der Waals surface area contributed by atoms with E-state index in [1.165, 1.54) is 12.1 Å². The summed E-state index contributed by atoms with van der Waals surface area (Å²) in [6.45, 7) is 7.60. The molecule has 2 nitrogen and oxygen atoms in total. The van der Waals surface area contributed by atoms with Gasteiger partial charge in [-0.1, -0.05) is 20.8 Å². The van der Waals surface area contributed by atoms with Crippen molar-refractivity contribution in [1.82, 2.24) is 5.32 Å². The van der Waals surface area contributed by atoms with Gasteiger partial charge in [0.1, 0.15) is 17.7 Å². The molecule has 1 aliphatic rings. The van der Waals surface area contributed by atoms with Gasteiger partial charge in [-0.2, -0.15) is 0 Å². The summed E-state index contributed by atoms with van der Waals surface area (Å²) in [5.74, 6) is 0.552. The number of nitrogens with one attached hydrogen (secondary N) is 1. The van der Waals surface area contributed by atoms with Crippen molar-refractivity contribution >= 4 is 0 Å². The molecule has 2 rings (SSSR count). The van der Waals surface area contributed by atoms with Gasteiger partial charge in [0, 0.05) is 17.9 Å². The molecule has 0 saturated heterocycles. The molecule has 2 atom stereocenters. The molecular weight excluding hydrogens is 241 g/mol. The zero-order chi connectivity index (χ0) is 13.9. The summed E-state index contributed by atoms with van der Waals surface area (Å²) in [5, 5.41) is 3.56. The van der Waals surface area contributed by atoms with Crippen LogP contribution in [0.3, 0.4) is 0 Å². The molecule has 1 saturated carbocycles. The predicted molar refractivity (Wildman–Crippen MR) is 75.9 cm³/mol. The van der Waals surface area contributed by atoms with Gasteiger partial charge < -0.3 is 10.1 Å². The molecule has 0 heterocycles. The number of benzene rings is 1. The SMILES string of the molecule is CCNC1CC(Oc2ccc(F)cc2)C1(CC)CC. The summed E-state index contributed by atoms with van der Waals surface area (Å²) in [6, 6.07) is 6.88. The molecule has 0 bridgehead atoms. The van der Waals surface area contributed by atoms with E-state index in [4.69, 9.17) is 4.74 Å². The molecule has 2 unspecified atom stereocenters. The van der Waals surface area contributed by atoms with E-state index in [2.05, 4.69) is 26.1 Å². The average molecular weight is 265 g/mol. The van der Waals surface area contributed by atoms with Crippen LogP contribution in [-0.2, 0) is 0 Å². The lowest BCUT2D eigenvalue weighted by atomic mass is 9.58. The van der Waals surface area contributed by atoms with Crippen LogP contribution in [0, 0.1) is 11.2 Å². The van der Waals surface area contributed by atoms with E-state index in [0.717, 1.165) is 31.6 Å². The van der Waals surface area contributed by atoms with Gasteiger partial charge in [0.05, 0.1) is 0 Å². The third-order valence-electron chi connectivity index (χ3n) is 4.64. The highest BCUT2D eigenvalue weighted by atomic mass is 19.1. The summed E-state index contributed by atoms with van der Waals surface area (Å²) in [4.78, 5) is 0. The van der Waals surface area contributed by atoms with Gasteiger partial charge in [-0.15, -0.1) is 0 Å². The Hall–Kier alpha value is -1.09. The highest BCUT2D eigenvalue weighted by molar-refractivity contribution is 5.24. The van der Waals surface area contributed by atoms with Gasteiger partial charge in [0.15, 0.2) is 0 Å². The molecule has 19 heavy (non-hydrogen) atoms. The van der Waals surface area contributed by atoms with Crippen LogP contribution in [0.25, 0.3) is 0 Å². The van der Waals surface area contributed by atoms with Gasteiger partial charge in [-0.05, 0) is 43.7 Å². The molecule has 1 aromatic carbocycles. The van der Waals surface area contributed by atoms with Gasteiger partial charge in [0.25, 0.3) is 0 Å². The minimum atomic E-state index is -0.219. The Balaban J connectivity index is 2.06. The molecule has 1 N–H and O–H groups in total. The second kappa shape index (κ2) is 5.91. The summed E-state index contributed by atoms with van der Waals surface area (Å²) in [5.41, 5.74) is 0.213. The first kappa shape index (κ1) is 14.3. The van der Waals surface area contributed by atoms with Gasteiger partial charge in [-0.25, -0.2) is 4.39 Å². The molecule has 3 heteroatoms. The largest absolute Gasteiger partial charge is 0.490 e. The minimum absolute atomic E-state index is 0.213. The van der Waals surface area contributed by atoms with Gasteiger partial charge >= 0.3 is 0 Å². The number of rotatable bonds is 6. The van der Waals surface area contributed by atoms with Crippen LogP contribution in [0.4, 0.5) is 4.39 Å². The smallest absolute Gasteiger partial charge is 0.123 e. The van der Waals surface area contributed by atoms with Crippen molar-refractivity contribution in [3.8, 4) is 5.75 Å². The lowest BCUT2D eigenvalue weighted by Crippen LogP contribution is -2.64. The van der Waals surface area contributed by atoms with Crippen LogP contribution in [0.1, 0.15) is 40.0 Å². The first-order valence-electron chi connectivity index (χ1n) is 7.31. The maximum atomic E-state index is 12.9. The second-order valence-corrected chi connectivity index (χ2v) is 5.35. The summed E-state index contributed by atoms with van der Waals surface area (Å²) < 4.78 is 19.0. The predicted octanol–water partition coefficient (Wildman–Crippen LogP) is 3.76. The number of ether oxygens (including phenoxy) is 1. The van der Waals surface area contributed by atoms with Crippen molar-refractivity contribution in [3.05, 3.63) is 30.1 Å². The number of hydrogen-bond donors (Lipinski definition) is 1. The Kier molecular flexibility index (Phi) is 4.46. The molecule has 1 aliphatic carbocycles. The third kappa shape index (κ3) is 2.62. The fourth-order valence-corrected chi connectivity index (χ4v) is 3.32. The van der Waals surface area contributed by atoms with E-state index in [0.29, 0.717) is 6.04 Å². The molecule has 0 amide bonds. The van der Waals surface area contributed by atoms with Crippen LogP contribution in [0.15, 0.2) is 24.3 Å². The summed E-state index contributed by atoms with van der Waals surface area (Å²) >= 11 is 0. The fraction of sp³-hybridized carbons (Fsp3) is 0.625. The first-order valence-corrected chi connectivity index (χ1v) is 7.31. The van der Waals surface area contributed by atoms with Crippen LogP contribution in [0.5, 0.6) is 5.75 Å². The molecule has 1 aromatic rings. The molecule has 0 aromatic heterocycles. The molecule has 1 fully saturated rings. The summed E-state index contributed by atoms with van der Waals surface area (Å²) in [6.07, 6.45) is 3.48. The van der Waals surface area contributed by atoms with Crippen molar-refractivity contribution < 1.29 is 9.13 Å². The second-order valence-electron chi connectivity index (χ2n) is 5.35. The molecule has 106 valence electrons. The minimum Gasteiger partial charge on any atom is -0.490 e. The Morgan fingerprint density at radius 1 is 1.21 bits per heavy atom. The average Bonchev–Trinajstić information content (AvgIpc) is 2.41. The van der Waals surface area contributed by atoms with E-state index in [-0.39, 0.29) is 17.3 Å². The van der Waals surface area contributed by atoms with Gasteiger partial charge in [0.2, 0.25) is 0 Å². The van der Waals surface area contributed by atoms with Crippen LogP contribution in [-0.4, -0.2) is 18.7 Å². The zero-order valence-electron chi connectivity index (χ0n) is 12.1. The van der Waals surface area contributed by atoms with Crippen LogP contribution < -0.4 is 10.1 Å². The van der Waals surface area contributed by atoms with Crippen LogP contribution >= 0.6 is 0 Å². The van der Waals surface area contributed by atoms with E-state index >= 15 is 0 Å². The van der Waals surface area contributed by atoms with Crippen molar-refractivity contribution in [2.24, 2.45) is 5.41 Å². The molecule has 0 spiro atoms. The number of halogens is 1. The highest BCUT2D eigenvalue weighted by Gasteiger charge is 2.53. The molecule has 0 radical (unpaired) electrons. The topological polar surface area (TPSA) is 21.3 Å². The highest BCUT2D eigenvalue weighted by Crippen LogP contribution is 2.48. The normalized spacial score (nSPS) is 24.8. The van der Waals surface area contributed by atoms with Crippen molar-refractivity contribution in [1.29, 1.82) is 0 Å². The van der Waals surface area contributed by atoms with E-state index < -0.39 is 0 Å². The zero-order valence-corrected chi connectivity index (χ0v) is 12.1. The Bertz CT molecular complexity index is 400. The summed E-state index contributed by atoms with van der Waals surface area (Å²) in [7, 11) is 0. The molecule has 0 aliphatic heterocycles. The Morgan fingerprint density at radius 2 is 1.84 bits per heavy atom. The maximum absolute atomic E-state index is 12.9. The lowest BCUT2D eigenvalue weighted by molar-refractivity contribution is -0.0854. The lowest BCUT2D eigenvalue weighted by Gasteiger charge is -2.55. The van der Waals surface area contributed by atoms with Crippen molar-refractivity contribution in [3.63, 3.8) is 0 Å². The standard InChI is InChI=1S/C16H24FNO/c1-4-16(5-2)14(18-6-3)11-15(16)19-13-9-7-12(17)8-10-13/h7-10,14-15,18H,4-6,11H2,1-3H3. The monoisotopic (exact) mass is 265 g/mol. The van der Waals surface area contributed by atoms with Crippen molar-refractivity contribution in [2.45, 2.75) is 52.2 Å². The van der Waals surface area contributed by atoms with Gasteiger partial charge in [-0.3, -0.25) is 0 Å². The van der Waals surface area contributed by atoms with Crippen LogP contribution in [0.2, 0.25) is 0 Å². The van der Waals surface area contributed by atoms with E-state index in [1.807, 2.05) is 0 Å². The number of hydrogen-bond acceptors (Lipinski definition) is 2. The van der Waals surface area contributed by atoms with E-state index in [1.54, 1.807) is 12.1 Å². The first-order chi connectivity index (χ1) is 9.16.